The average molecular weight is 353 g/mol. The number of alkyl halides is 3. The Balaban J connectivity index is 1.96. The van der Waals surface area contributed by atoms with E-state index in [1.807, 2.05) is 42.5 Å². The highest BCUT2D eigenvalue weighted by molar-refractivity contribution is 6.01. The van der Waals surface area contributed by atoms with Gasteiger partial charge in [-0.25, -0.2) is 0 Å². The van der Waals surface area contributed by atoms with Crippen LogP contribution in [0.2, 0.25) is 0 Å². The molecule has 5 heteroatoms. The van der Waals surface area contributed by atoms with Gasteiger partial charge in [0, 0.05) is 5.56 Å². The maximum atomic E-state index is 12.9. The van der Waals surface area contributed by atoms with E-state index < -0.39 is 17.3 Å². The molecule has 3 aromatic carbocycles. The predicted molar refractivity (Wildman–Crippen MR) is 91.7 cm³/mol. The topological polar surface area (TPSA) is 29.1 Å². The van der Waals surface area contributed by atoms with Crippen LogP contribution in [-0.4, -0.2) is 5.91 Å². The monoisotopic (exact) mass is 353 g/mol. The molecule has 1 aliphatic rings. The number of hydrogen-bond donors (Lipinski definition) is 1. The Bertz CT molecular complexity index is 965. The second-order valence-corrected chi connectivity index (χ2v) is 6.19. The summed E-state index contributed by atoms with van der Waals surface area (Å²) in [4.78, 5) is 12.6. The summed E-state index contributed by atoms with van der Waals surface area (Å²) < 4.78 is 38.8. The summed E-state index contributed by atoms with van der Waals surface area (Å²) in [6.07, 6.45) is -4.41. The summed E-state index contributed by atoms with van der Waals surface area (Å²) >= 11 is 0. The smallest absolute Gasteiger partial charge is 0.334 e. The Morgan fingerprint density at radius 1 is 0.731 bits per heavy atom. The van der Waals surface area contributed by atoms with Crippen LogP contribution in [0.3, 0.4) is 0 Å². The SMILES string of the molecule is O=C1N[C@](c2ccccc2)(c2ccc(C(F)(F)F)cc2)c2ccccc21. The number of fused-ring (bicyclic) bond motifs is 1. The maximum absolute atomic E-state index is 12.9. The molecule has 0 unspecified atom stereocenters. The zero-order chi connectivity index (χ0) is 18.4. The van der Waals surface area contributed by atoms with Crippen LogP contribution in [0.15, 0.2) is 78.9 Å². The van der Waals surface area contributed by atoms with Crippen LogP contribution in [0.1, 0.15) is 32.6 Å². The van der Waals surface area contributed by atoms with Crippen molar-refractivity contribution in [2.24, 2.45) is 0 Å². The molecule has 0 aromatic heterocycles. The van der Waals surface area contributed by atoms with E-state index in [1.54, 1.807) is 12.1 Å². The lowest BCUT2D eigenvalue weighted by atomic mass is 9.78. The van der Waals surface area contributed by atoms with E-state index >= 15 is 0 Å². The normalized spacial score (nSPS) is 19.1. The van der Waals surface area contributed by atoms with Crippen LogP contribution in [0, 0.1) is 0 Å². The van der Waals surface area contributed by atoms with Gasteiger partial charge in [0.1, 0.15) is 5.54 Å². The van der Waals surface area contributed by atoms with Crippen molar-refractivity contribution in [3.63, 3.8) is 0 Å². The van der Waals surface area contributed by atoms with E-state index in [0.29, 0.717) is 11.1 Å². The van der Waals surface area contributed by atoms with Crippen molar-refractivity contribution in [2.45, 2.75) is 11.7 Å². The molecule has 26 heavy (non-hydrogen) atoms. The van der Waals surface area contributed by atoms with E-state index in [2.05, 4.69) is 5.32 Å². The van der Waals surface area contributed by atoms with Crippen molar-refractivity contribution in [3.05, 3.63) is 107 Å². The van der Waals surface area contributed by atoms with Gasteiger partial charge in [-0.3, -0.25) is 4.79 Å². The van der Waals surface area contributed by atoms with E-state index in [4.69, 9.17) is 0 Å². The number of benzene rings is 3. The lowest BCUT2D eigenvalue weighted by molar-refractivity contribution is -0.137. The quantitative estimate of drug-likeness (QED) is 0.708. The summed E-state index contributed by atoms with van der Waals surface area (Å²) in [6, 6.07) is 21.4. The molecule has 0 saturated heterocycles. The van der Waals surface area contributed by atoms with Crippen molar-refractivity contribution in [1.82, 2.24) is 5.32 Å². The highest BCUT2D eigenvalue weighted by Gasteiger charge is 2.45. The van der Waals surface area contributed by atoms with Crippen LogP contribution in [0.25, 0.3) is 0 Å². The maximum Gasteiger partial charge on any atom is 0.416 e. The fourth-order valence-corrected chi connectivity index (χ4v) is 3.53. The van der Waals surface area contributed by atoms with Gasteiger partial charge in [0.15, 0.2) is 0 Å². The lowest BCUT2D eigenvalue weighted by Crippen LogP contribution is -2.41. The van der Waals surface area contributed by atoms with E-state index in [-0.39, 0.29) is 5.91 Å². The van der Waals surface area contributed by atoms with Gasteiger partial charge in [0.2, 0.25) is 0 Å². The molecule has 2 nitrogen and oxygen atoms in total. The van der Waals surface area contributed by atoms with Gasteiger partial charge >= 0.3 is 6.18 Å². The van der Waals surface area contributed by atoms with Crippen molar-refractivity contribution in [3.8, 4) is 0 Å². The highest BCUT2D eigenvalue weighted by Crippen LogP contribution is 2.43. The molecule has 0 radical (unpaired) electrons. The van der Waals surface area contributed by atoms with Crippen LogP contribution < -0.4 is 5.32 Å². The first-order chi connectivity index (χ1) is 12.4. The fourth-order valence-electron chi connectivity index (χ4n) is 3.53. The van der Waals surface area contributed by atoms with E-state index in [9.17, 15) is 18.0 Å². The van der Waals surface area contributed by atoms with Gasteiger partial charge in [-0.15, -0.1) is 0 Å². The van der Waals surface area contributed by atoms with Crippen LogP contribution in [-0.2, 0) is 11.7 Å². The Morgan fingerprint density at radius 2 is 1.31 bits per heavy atom. The van der Waals surface area contributed by atoms with Crippen molar-refractivity contribution < 1.29 is 18.0 Å². The second kappa shape index (κ2) is 5.73. The molecule has 1 N–H and O–H groups in total. The Morgan fingerprint density at radius 3 is 1.96 bits per heavy atom. The minimum absolute atomic E-state index is 0.246. The molecule has 1 amide bonds. The van der Waals surface area contributed by atoms with Crippen LogP contribution in [0.4, 0.5) is 13.2 Å². The van der Waals surface area contributed by atoms with Crippen LogP contribution >= 0.6 is 0 Å². The van der Waals surface area contributed by atoms with Crippen LogP contribution in [0.5, 0.6) is 0 Å². The van der Waals surface area contributed by atoms with Gasteiger partial charge in [0.25, 0.3) is 5.91 Å². The summed E-state index contributed by atoms with van der Waals surface area (Å²) in [5, 5.41) is 3.00. The third-order valence-electron chi connectivity index (χ3n) is 4.73. The fraction of sp³-hybridized carbons (Fsp3) is 0.0952. The molecule has 3 aromatic rings. The first-order valence-electron chi connectivity index (χ1n) is 8.08. The number of rotatable bonds is 2. The summed E-state index contributed by atoms with van der Waals surface area (Å²) in [5.74, 6) is -0.246. The van der Waals surface area contributed by atoms with Crippen molar-refractivity contribution >= 4 is 5.91 Å². The number of carbonyl (C=O) groups excluding carboxylic acids is 1. The second-order valence-electron chi connectivity index (χ2n) is 6.19. The van der Waals surface area contributed by atoms with E-state index in [1.165, 1.54) is 12.1 Å². The molecule has 4 rings (SSSR count). The van der Waals surface area contributed by atoms with Gasteiger partial charge in [-0.05, 0) is 34.9 Å². The lowest BCUT2D eigenvalue weighted by Gasteiger charge is -2.32. The van der Waals surface area contributed by atoms with Gasteiger partial charge in [0.05, 0.1) is 5.56 Å². The summed E-state index contributed by atoms with van der Waals surface area (Å²) in [5.41, 5.74) is 0.890. The third kappa shape index (κ3) is 2.39. The summed E-state index contributed by atoms with van der Waals surface area (Å²) in [6.45, 7) is 0. The molecular weight excluding hydrogens is 339 g/mol. The standard InChI is InChI=1S/C21H14F3NO/c22-21(23,24)16-12-10-15(11-13-16)20(14-6-2-1-3-7-14)18-9-5-4-8-17(18)19(26)25-20/h1-13H,(H,25,26)/t20-/m1/s1. The molecular formula is C21H14F3NO. The number of carbonyl (C=O) groups is 1. The van der Waals surface area contributed by atoms with E-state index in [0.717, 1.165) is 23.3 Å². The van der Waals surface area contributed by atoms with Crippen molar-refractivity contribution in [1.29, 1.82) is 0 Å². The molecule has 0 fully saturated rings. The molecule has 1 aliphatic heterocycles. The number of hydrogen-bond acceptors (Lipinski definition) is 1. The largest absolute Gasteiger partial charge is 0.416 e. The third-order valence-corrected chi connectivity index (χ3v) is 4.73. The Hall–Kier alpha value is -3.08. The van der Waals surface area contributed by atoms with Gasteiger partial charge < -0.3 is 5.32 Å². The van der Waals surface area contributed by atoms with Crippen molar-refractivity contribution in [2.75, 3.05) is 0 Å². The number of halogens is 3. The zero-order valence-electron chi connectivity index (χ0n) is 13.5. The minimum atomic E-state index is -4.41. The highest BCUT2D eigenvalue weighted by atomic mass is 19.4. The molecule has 1 atom stereocenters. The molecule has 130 valence electrons. The number of nitrogens with one attached hydrogen (secondary N) is 1. The average Bonchev–Trinajstić information content (AvgIpc) is 2.96. The number of amides is 1. The first-order valence-corrected chi connectivity index (χ1v) is 8.08. The predicted octanol–water partition coefficient (Wildman–Crippen LogP) is 4.74. The molecule has 0 saturated carbocycles. The Kier molecular flexibility index (Phi) is 3.61. The molecule has 1 heterocycles. The molecule has 0 spiro atoms. The first kappa shape index (κ1) is 16.4. The Labute approximate surface area is 148 Å². The zero-order valence-corrected chi connectivity index (χ0v) is 13.5. The summed E-state index contributed by atoms with van der Waals surface area (Å²) in [7, 11) is 0. The van der Waals surface area contributed by atoms with Gasteiger partial charge in [-0.2, -0.15) is 13.2 Å². The minimum Gasteiger partial charge on any atom is -0.334 e. The molecule has 0 aliphatic carbocycles. The van der Waals surface area contributed by atoms with Gasteiger partial charge in [-0.1, -0.05) is 60.7 Å². The molecule has 0 bridgehead atoms.